The van der Waals surface area contributed by atoms with Gasteiger partial charge in [0.05, 0.1) is 19.3 Å². The largest absolute Gasteiger partial charge is 0.377 e. The normalized spacial score (nSPS) is 18.8. The van der Waals surface area contributed by atoms with Gasteiger partial charge in [0.1, 0.15) is 5.41 Å². The lowest BCUT2D eigenvalue weighted by atomic mass is 9.80. The Kier molecular flexibility index (Phi) is 2.10. The number of halogens is 1. The number of nitriles is 1. The van der Waals surface area contributed by atoms with Crippen LogP contribution in [0, 0.1) is 11.3 Å². The molecule has 2 nitrogen and oxygen atoms in total. The summed E-state index contributed by atoms with van der Waals surface area (Å²) < 4.78 is 6.08. The third-order valence-corrected chi connectivity index (χ3v) is 2.99. The molecule has 0 radical (unpaired) electrons. The second-order valence-electron chi connectivity index (χ2n) is 3.17. The molecule has 3 heteroatoms. The van der Waals surface area contributed by atoms with E-state index in [1.54, 1.807) is 0 Å². The molecular formula is C10H8BrNO. The zero-order valence-electron chi connectivity index (χ0n) is 6.96. The number of benzene rings is 1. The van der Waals surface area contributed by atoms with Crippen LogP contribution in [0.2, 0.25) is 0 Å². The molecule has 0 N–H and O–H groups in total. The lowest BCUT2D eigenvalue weighted by Gasteiger charge is -2.35. The third-order valence-electron chi connectivity index (χ3n) is 2.30. The Hall–Kier alpha value is -0.850. The van der Waals surface area contributed by atoms with Crippen molar-refractivity contribution >= 4 is 15.9 Å². The summed E-state index contributed by atoms with van der Waals surface area (Å²) in [5.41, 5.74) is 0.615. The minimum Gasteiger partial charge on any atom is -0.377 e. The average Bonchev–Trinajstić information content (AvgIpc) is 2.07. The minimum atomic E-state index is -0.417. The van der Waals surface area contributed by atoms with Gasteiger partial charge in [-0.3, -0.25) is 0 Å². The molecule has 0 aromatic heterocycles. The smallest absolute Gasteiger partial charge is 0.130 e. The first-order valence-electron chi connectivity index (χ1n) is 4.02. The Morgan fingerprint density at radius 2 is 2.08 bits per heavy atom. The standard InChI is InChI=1S/C10H8BrNO/c11-9-4-2-1-3-8(9)10(5-12)6-13-7-10/h1-4H,6-7H2. The summed E-state index contributed by atoms with van der Waals surface area (Å²) in [7, 11) is 0. The molecule has 1 saturated heterocycles. The Bertz CT molecular complexity index is 365. The van der Waals surface area contributed by atoms with Gasteiger partial charge in [-0.1, -0.05) is 34.1 Å². The van der Waals surface area contributed by atoms with E-state index in [9.17, 15) is 0 Å². The number of ether oxygens (including phenoxy) is 1. The van der Waals surface area contributed by atoms with E-state index in [-0.39, 0.29) is 0 Å². The van der Waals surface area contributed by atoms with Crippen LogP contribution in [-0.2, 0) is 10.2 Å². The monoisotopic (exact) mass is 237 g/mol. The van der Waals surface area contributed by atoms with Crippen molar-refractivity contribution in [1.29, 1.82) is 5.26 Å². The molecule has 1 heterocycles. The number of hydrogen-bond acceptors (Lipinski definition) is 2. The fourth-order valence-corrected chi connectivity index (χ4v) is 2.10. The number of rotatable bonds is 1. The van der Waals surface area contributed by atoms with Gasteiger partial charge in [0, 0.05) is 4.47 Å². The van der Waals surface area contributed by atoms with Crippen LogP contribution in [0.25, 0.3) is 0 Å². The molecule has 0 amide bonds. The zero-order chi connectivity index (χ0) is 9.31. The highest BCUT2D eigenvalue weighted by Crippen LogP contribution is 2.35. The summed E-state index contributed by atoms with van der Waals surface area (Å²) in [5, 5.41) is 9.06. The molecule has 0 aliphatic carbocycles. The zero-order valence-corrected chi connectivity index (χ0v) is 8.54. The van der Waals surface area contributed by atoms with Gasteiger partial charge in [-0.05, 0) is 11.6 Å². The van der Waals surface area contributed by atoms with Gasteiger partial charge in [-0.15, -0.1) is 0 Å². The van der Waals surface area contributed by atoms with E-state index >= 15 is 0 Å². The summed E-state index contributed by atoms with van der Waals surface area (Å²) in [6.45, 7) is 1.01. The molecule has 0 saturated carbocycles. The lowest BCUT2D eigenvalue weighted by molar-refractivity contribution is -0.0301. The van der Waals surface area contributed by atoms with Crippen LogP contribution >= 0.6 is 15.9 Å². The van der Waals surface area contributed by atoms with Crippen molar-refractivity contribution in [3.8, 4) is 6.07 Å². The van der Waals surface area contributed by atoms with Crippen LogP contribution in [0.1, 0.15) is 5.56 Å². The Balaban J connectivity index is 2.46. The molecule has 1 aliphatic heterocycles. The topological polar surface area (TPSA) is 33.0 Å². The second-order valence-corrected chi connectivity index (χ2v) is 4.02. The second kappa shape index (κ2) is 3.13. The predicted octanol–water partition coefficient (Wildman–Crippen LogP) is 2.24. The third kappa shape index (κ3) is 1.27. The van der Waals surface area contributed by atoms with E-state index in [1.165, 1.54) is 0 Å². The fraction of sp³-hybridized carbons (Fsp3) is 0.300. The summed E-state index contributed by atoms with van der Waals surface area (Å²) in [6.07, 6.45) is 0. The Morgan fingerprint density at radius 3 is 2.54 bits per heavy atom. The quantitative estimate of drug-likeness (QED) is 0.751. The first-order chi connectivity index (χ1) is 6.28. The maximum atomic E-state index is 9.06. The maximum absolute atomic E-state index is 9.06. The van der Waals surface area contributed by atoms with E-state index in [1.807, 2.05) is 24.3 Å². The first kappa shape index (κ1) is 8.74. The molecule has 0 unspecified atom stereocenters. The molecule has 0 atom stereocenters. The summed E-state index contributed by atoms with van der Waals surface area (Å²) in [6, 6.07) is 10.1. The van der Waals surface area contributed by atoms with E-state index in [0.717, 1.165) is 10.0 Å². The van der Waals surface area contributed by atoms with Crippen molar-refractivity contribution in [2.75, 3.05) is 13.2 Å². The van der Waals surface area contributed by atoms with Crippen molar-refractivity contribution in [1.82, 2.24) is 0 Å². The van der Waals surface area contributed by atoms with Gasteiger partial charge in [-0.2, -0.15) is 5.26 Å². The molecule has 13 heavy (non-hydrogen) atoms. The van der Waals surface area contributed by atoms with E-state index in [2.05, 4.69) is 22.0 Å². The lowest BCUT2D eigenvalue weighted by Crippen LogP contribution is -2.45. The summed E-state index contributed by atoms with van der Waals surface area (Å²) in [5.74, 6) is 0. The van der Waals surface area contributed by atoms with Crippen molar-refractivity contribution < 1.29 is 4.74 Å². The predicted molar refractivity (Wildman–Crippen MR) is 52.3 cm³/mol. The van der Waals surface area contributed by atoms with Crippen LogP contribution < -0.4 is 0 Å². The molecule has 0 spiro atoms. The van der Waals surface area contributed by atoms with Crippen molar-refractivity contribution in [2.45, 2.75) is 5.41 Å². The number of hydrogen-bond donors (Lipinski definition) is 0. The maximum Gasteiger partial charge on any atom is 0.130 e. The highest BCUT2D eigenvalue weighted by Gasteiger charge is 2.41. The minimum absolute atomic E-state index is 0.417. The highest BCUT2D eigenvalue weighted by atomic mass is 79.9. The van der Waals surface area contributed by atoms with Gasteiger partial charge >= 0.3 is 0 Å². The highest BCUT2D eigenvalue weighted by molar-refractivity contribution is 9.10. The Labute approximate surface area is 85.3 Å². The SMILES string of the molecule is N#CC1(c2ccccc2Br)COC1. The van der Waals surface area contributed by atoms with Crippen LogP contribution in [-0.4, -0.2) is 13.2 Å². The van der Waals surface area contributed by atoms with E-state index < -0.39 is 5.41 Å². The molecule has 1 fully saturated rings. The van der Waals surface area contributed by atoms with Gasteiger partial charge in [0.25, 0.3) is 0 Å². The van der Waals surface area contributed by atoms with Crippen LogP contribution in [0.3, 0.4) is 0 Å². The molecule has 1 aliphatic rings. The molecule has 2 rings (SSSR count). The fourth-order valence-electron chi connectivity index (χ4n) is 1.44. The van der Waals surface area contributed by atoms with Gasteiger partial charge in [0.2, 0.25) is 0 Å². The van der Waals surface area contributed by atoms with Gasteiger partial charge < -0.3 is 4.74 Å². The van der Waals surface area contributed by atoms with Crippen LogP contribution in [0.5, 0.6) is 0 Å². The average molecular weight is 238 g/mol. The molecule has 66 valence electrons. The molecule has 1 aromatic rings. The van der Waals surface area contributed by atoms with Crippen LogP contribution in [0.15, 0.2) is 28.7 Å². The van der Waals surface area contributed by atoms with Crippen molar-refractivity contribution in [3.05, 3.63) is 34.3 Å². The van der Waals surface area contributed by atoms with Gasteiger partial charge in [0.15, 0.2) is 0 Å². The molecule has 0 bridgehead atoms. The van der Waals surface area contributed by atoms with Crippen LogP contribution in [0.4, 0.5) is 0 Å². The number of nitrogens with zero attached hydrogens (tertiary/aromatic N) is 1. The molecular weight excluding hydrogens is 230 g/mol. The van der Waals surface area contributed by atoms with E-state index in [4.69, 9.17) is 10.00 Å². The van der Waals surface area contributed by atoms with Crippen molar-refractivity contribution in [3.63, 3.8) is 0 Å². The Morgan fingerprint density at radius 1 is 1.38 bits per heavy atom. The van der Waals surface area contributed by atoms with E-state index in [0.29, 0.717) is 13.2 Å². The first-order valence-corrected chi connectivity index (χ1v) is 4.82. The van der Waals surface area contributed by atoms with Gasteiger partial charge in [-0.25, -0.2) is 0 Å². The summed E-state index contributed by atoms with van der Waals surface area (Å²) >= 11 is 3.44. The summed E-state index contributed by atoms with van der Waals surface area (Å²) in [4.78, 5) is 0. The van der Waals surface area contributed by atoms with Crippen molar-refractivity contribution in [2.24, 2.45) is 0 Å². The molecule has 1 aromatic carbocycles.